The van der Waals surface area contributed by atoms with Gasteiger partial charge < -0.3 is 24.3 Å². The maximum absolute atomic E-state index is 12.4. The van der Waals surface area contributed by atoms with E-state index in [1.807, 2.05) is 43.3 Å². The van der Waals surface area contributed by atoms with Crippen LogP contribution in [0.15, 0.2) is 36.4 Å². The Morgan fingerprint density at radius 3 is 2.52 bits per heavy atom. The number of hydrogen-bond acceptors (Lipinski definition) is 5. The fourth-order valence-electron chi connectivity index (χ4n) is 2.94. The largest absolute Gasteiger partial charge is 0.486 e. The van der Waals surface area contributed by atoms with Crippen LogP contribution in [0.3, 0.4) is 0 Å². The third kappa shape index (κ3) is 3.33. The topological polar surface area (TPSA) is 66.0 Å². The molecule has 0 bridgehead atoms. The van der Waals surface area contributed by atoms with Gasteiger partial charge in [0.25, 0.3) is 0 Å². The fourth-order valence-corrected chi connectivity index (χ4v) is 2.94. The standard InChI is InChI=1S/C19H19NO5/c1-12(14-3-5-16-18(10-14)25-11-24-16)20-19(21)9-13-2-4-15-17(8-13)23-7-6-22-15/h2-5,8,10,12H,6-7,9,11H2,1H3,(H,20,21). The van der Waals surface area contributed by atoms with E-state index < -0.39 is 0 Å². The Bertz CT molecular complexity index is 804. The molecule has 2 aromatic carbocycles. The SMILES string of the molecule is CC(NC(=O)Cc1ccc2c(c1)OCCO2)c1ccc2c(c1)OCO2. The van der Waals surface area contributed by atoms with Crippen molar-refractivity contribution in [2.24, 2.45) is 0 Å². The van der Waals surface area contributed by atoms with Gasteiger partial charge in [-0.2, -0.15) is 0 Å². The molecule has 2 aromatic rings. The van der Waals surface area contributed by atoms with Gasteiger partial charge in [-0.3, -0.25) is 4.79 Å². The van der Waals surface area contributed by atoms with Crippen LogP contribution in [-0.4, -0.2) is 25.9 Å². The van der Waals surface area contributed by atoms with Crippen molar-refractivity contribution in [2.45, 2.75) is 19.4 Å². The molecular formula is C19H19NO5. The molecular weight excluding hydrogens is 322 g/mol. The van der Waals surface area contributed by atoms with Crippen LogP contribution >= 0.6 is 0 Å². The summed E-state index contributed by atoms with van der Waals surface area (Å²) in [4.78, 5) is 12.4. The predicted octanol–water partition coefficient (Wildman–Crippen LogP) is 2.61. The lowest BCUT2D eigenvalue weighted by Gasteiger charge is -2.19. The smallest absolute Gasteiger partial charge is 0.231 e. The number of carbonyl (C=O) groups is 1. The quantitative estimate of drug-likeness (QED) is 0.926. The number of amides is 1. The normalized spacial score (nSPS) is 15.6. The summed E-state index contributed by atoms with van der Waals surface area (Å²) in [5, 5.41) is 3.01. The second-order valence-electron chi connectivity index (χ2n) is 6.06. The minimum Gasteiger partial charge on any atom is -0.486 e. The van der Waals surface area contributed by atoms with E-state index in [0.29, 0.717) is 24.7 Å². The third-order valence-corrected chi connectivity index (χ3v) is 4.25. The highest BCUT2D eigenvalue weighted by atomic mass is 16.7. The van der Waals surface area contributed by atoms with E-state index >= 15 is 0 Å². The van der Waals surface area contributed by atoms with Crippen LogP contribution in [0.25, 0.3) is 0 Å². The van der Waals surface area contributed by atoms with Gasteiger partial charge in [-0.05, 0) is 42.3 Å². The lowest BCUT2D eigenvalue weighted by molar-refractivity contribution is -0.121. The Labute approximate surface area is 145 Å². The molecule has 6 nitrogen and oxygen atoms in total. The average molecular weight is 341 g/mol. The Morgan fingerprint density at radius 1 is 0.960 bits per heavy atom. The minimum atomic E-state index is -0.126. The molecule has 1 N–H and O–H groups in total. The maximum Gasteiger partial charge on any atom is 0.231 e. The van der Waals surface area contributed by atoms with Gasteiger partial charge in [0.05, 0.1) is 12.5 Å². The summed E-state index contributed by atoms with van der Waals surface area (Å²) in [6.45, 7) is 3.27. The Kier molecular flexibility index (Phi) is 4.09. The predicted molar refractivity (Wildman–Crippen MR) is 90.3 cm³/mol. The minimum absolute atomic E-state index is 0.0538. The molecule has 0 saturated heterocycles. The molecule has 1 amide bonds. The number of ether oxygens (including phenoxy) is 4. The lowest BCUT2D eigenvalue weighted by Crippen LogP contribution is -2.28. The molecule has 1 unspecified atom stereocenters. The first-order chi connectivity index (χ1) is 12.2. The first-order valence-electron chi connectivity index (χ1n) is 8.26. The Morgan fingerprint density at radius 2 is 1.64 bits per heavy atom. The molecule has 0 radical (unpaired) electrons. The molecule has 0 saturated carbocycles. The monoisotopic (exact) mass is 341 g/mol. The van der Waals surface area contributed by atoms with Crippen molar-refractivity contribution in [1.82, 2.24) is 5.32 Å². The molecule has 4 rings (SSSR count). The first kappa shape index (κ1) is 15.6. The van der Waals surface area contributed by atoms with Crippen molar-refractivity contribution in [3.05, 3.63) is 47.5 Å². The highest BCUT2D eigenvalue weighted by molar-refractivity contribution is 5.79. The number of fused-ring (bicyclic) bond motifs is 2. The van der Waals surface area contributed by atoms with Crippen molar-refractivity contribution in [2.75, 3.05) is 20.0 Å². The highest BCUT2D eigenvalue weighted by Crippen LogP contribution is 2.34. The second-order valence-corrected chi connectivity index (χ2v) is 6.06. The second kappa shape index (κ2) is 6.55. The van der Waals surface area contributed by atoms with Crippen LogP contribution in [0.1, 0.15) is 24.1 Å². The first-order valence-corrected chi connectivity index (χ1v) is 8.26. The number of hydrogen-bond donors (Lipinski definition) is 1. The molecule has 0 aliphatic carbocycles. The van der Waals surface area contributed by atoms with Crippen molar-refractivity contribution < 1.29 is 23.7 Å². The van der Waals surface area contributed by atoms with E-state index in [2.05, 4.69) is 5.32 Å². The van der Waals surface area contributed by atoms with Gasteiger partial charge in [0.1, 0.15) is 13.2 Å². The number of nitrogens with one attached hydrogen (secondary N) is 1. The zero-order chi connectivity index (χ0) is 17.2. The maximum atomic E-state index is 12.4. The van der Waals surface area contributed by atoms with Gasteiger partial charge in [0.15, 0.2) is 23.0 Å². The van der Waals surface area contributed by atoms with Crippen LogP contribution in [0, 0.1) is 0 Å². The molecule has 2 aliphatic heterocycles. The summed E-state index contributed by atoms with van der Waals surface area (Å²) >= 11 is 0. The molecule has 0 aromatic heterocycles. The van der Waals surface area contributed by atoms with Gasteiger partial charge in [0, 0.05) is 0 Å². The van der Waals surface area contributed by atoms with Crippen molar-refractivity contribution in [3.63, 3.8) is 0 Å². The van der Waals surface area contributed by atoms with E-state index in [1.165, 1.54) is 0 Å². The molecule has 1 atom stereocenters. The van der Waals surface area contributed by atoms with Gasteiger partial charge in [-0.15, -0.1) is 0 Å². The van der Waals surface area contributed by atoms with Crippen molar-refractivity contribution >= 4 is 5.91 Å². The Balaban J connectivity index is 1.40. The number of benzene rings is 2. The van der Waals surface area contributed by atoms with Gasteiger partial charge in [-0.25, -0.2) is 0 Å². The van der Waals surface area contributed by atoms with E-state index in [4.69, 9.17) is 18.9 Å². The fraction of sp³-hybridized carbons (Fsp3) is 0.316. The van der Waals surface area contributed by atoms with Crippen LogP contribution in [0.5, 0.6) is 23.0 Å². The summed E-state index contributed by atoms with van der Waals surface area (Å²) < 4.78 is 21.7. The molecule has 25 heavy (non-hydrogen) atoms. The lowest BCUT2D eigenvalue weighted by atomic mass is 10.1. The summed E-state index contributed by atoms with van der Waals surface area (Å²) in [6.07, 6.45) is 0.283. The van der Waals surface area contributed by atoms with Crippen LogP contribution in [-0.2, 0) is 11.2 Å². The molecule has 0 fully saturated rings. The van der Waals surface area contributed by atoms with Crippen LogP contribution < -0.4 is 24.3 Å². The zero-order valence-electron chi connectivity index (χ0n) is 13.9. The van der Waals surface area contributed by atoms with Gasteiger partial charge in [0.2, 0.25) is 12.7 Å². The molecule has 2 aliphatic rings. The molecule has 130 valence electrons. The van der Waals surface area contributed by atoms with Crippen LogP contribution in [0.4, 0.5) is 0 Å². The van der Waals surface area contributed by atoms with Crippen LogP contribution in [0.2, 0.25) is 0 Å². The van der Waals surface area contributed by atoms with Gasteiger partial charge in [-0.1, -0.05) is 12.1 Å². The molecule has 2 heterocycles. The average Bonchev–Trinajstić information content (AvgIpc) is 3.09. The number of carbonyl (C=O) groups excluding carboxylic acids is 1. The summed E-state index contributed by atoms with van der Waals surface area (Å²) in [6, 6.07) is 11.2. The van der Waals surface area contributed by atoms with Crippen molar-refractivity contribution in [3.8, 4) is 23.0 Å². The molecule has 0 spiro atoms. The summed E-state index contributed by atoms with van der Waals surface area (Å²) in [5.74, 6) is 2.82. The summed E-state index contributed by atoms with van der Waals surface area (Å²) in [5.41, 5.74) is 1.86. The summed E-state index contributed by atoms with van der Waals surface area (Å²) in [7, 11) is 0. The van der Waals surface area contributed by atoms with E-state index in [0.717, 1.165) is 22.6 Å². The van der Waals surface area contributed by atoms with E-state index in [-0.39, 0.29) is 25.2 Å². The third-order valence-electron chi connectivity index (χ3n) is 4.25. The molecule has 6 heteroatoms. The van der Waals surface area contributed by atoms with E-state index in [1.54, 1.807) is 0 Å². The zero-order valence-corrected chi connectivity index (χ0v) is 13.9. The Hall–Kier alpha value is -2.89. The highest BCUT2D eigenvalue weighted by Gasteiger charge is 2.18. The van der Waals surface area contributed by atoms with Crippen molar-refractivity contribution in [1.29, 1.82) is 0 Å². The number of rotatable bonds is 4. The van der Waals surface area contributed by atoms with Gasteiger partial charge >= 0.3 is 0 Å². The van der Waals surface area contributed by atoms with E-state index in [9.17, 15) is 4.79 Å².